The number of amides is 2. The Morgan fingerprint density at radius 2 is 2.10 bits per heavy atom. The van der Waals surface area contributed by atoms with Crippen molar-refractivity contribution in [3.8, 4) is 0 Å². The van der Waals surface area contributed by atoms with E-state index in [-0.39, 0.29) is 18.2 Å². The lowest BCUT2D eigenvalue weighted by molar-refractivity contribution is -0.130. The molecule has 112 valence electrons. The molecule has 0 aliphatic carbocycles. The van der Waals surface area contributed by atoms with Crippen molar-refractivity contribution in [2.45, 2.75) is 26.3 Å². The maximum absolute atomic E-state index is 11.8. The number of rotatable bonds is 7. The molecule has 7 heteroatoms. The molecule has 0 aliphatic heterocycles. The summed E-state index contributed by atoms with van der Waals surface area (Å²) in [6, 6.07) is -0.757. The second-order valence-corrected chi connectivity index (χ2v) is 4.53. The van der Waals surface area contributed by atoms with Gasteiger partial charge in [-0.3, -0.25) is 14.3 Å². The fourth-order valence-electron chi connectivity index (χ4n) is 1.89. The molecule has 1 unspecified atom stereocenters. The molecule has 0 radical (unpaired) electrons. The summed E-state index contributed by atoms with van der Waals surface area (Å²) >= 11 is 0. The first kappa shape index (κ1) is 16.2. The topological polar surface area (TPSA) is 93.2 Å². The molecule has 7 nitrogen and oxygen atoms in total. The van der Waals surface area contributed by atoms with Crippen molar-refractivity contribution < 1.29 is 9.59 Å². The third-order valence-corrected chi connectivity index (χ3v) is 3.12. The van der Waals surface area contributed by atoms with Gasteiger partial charge in [0.1, 0.15) is 6.04 Å². The second kappa shape index (κ2) is 7.64. The van der Waals surface area contributed by atoms with Crippen molar-refractivity contribution in [3.63, 3.8) is 0 Å². The second-order valence-electron chi connectivity index (χ2n) is 4.53. The first-order valence-electron chi connectivity index (χ1n) is 6.79. The SMILES string of the molecule is CCN(CC)C(=O)CCNC(=O)C(N)c1cnn(C)c1. The molecule has 0 fully saturated rings. The molecule has 0 spiro atoms. The van der Waals surface area contributed by atoms with Crippen LogP contribution in [0.4, 0.5) is 0 Å². The fourth-order valence-corrected chi connectivity index (χ4v) is 1.89. The standard InChI is InChI=1S/C13H23N5O2/c1-4-18(5-2)11(19)6-7-15-13(20)12(14)10-8-16-17(3)9-10/h8-9,12H,4-7,14H2,1-3H3,(H,15,20). The average Bonchev–Trinajstić information content (AvgIpc) is 2.85. The molecular weight excluding hydrogens is 258 g/mol. The molecule has 0 aliphatic rings. The number of nitrogens with zero attached hydrogens (tertiary/aromatic N) is 3. The van der Waals surface area contributed by atoms with Gasteiger partial charge in [0.15, 0.2) is 0 Å². The van der Waals surface area contributed by atoms with E-state index >= 15 is 0 Å². The minimum absolute atomic E-state index is 0.0326. The third kappa shape index (κ3) is 4.34. The van der Waals surface area contributed by atoms with E-state index in [4.69, 9.17) is 5.73 Å². The Morgan fingerprint density at radius 3 is 2.60 bits per heavy atom. The minimum Gasteiger partial charge on any atom is -0.354 e. The van der Waals surface area contributed by atoms with E-state index in [0.717, 1.165) is 0 Å². The highest BCUT2D eigenvalue weighted by Gasteiger charge is 2.17. The molecule has 3 N–H and O–H groups in total. The lowest BCUT2D eigenvalue weighted by atomic mass is 10.1. The van der Waals surface area contributed by atoms with Gasteiger partial charge in [-0.1, -0.05) is 0 Å². The summed E-state index contributed by atoms with van der Waals surface area (Å²) in [4.78, 5) is 25.3. The number of nitrogens with one attached hydrogen (secondary N) is 1. The normalized spacial score (nSPS) is 12.0. The smallest absolute Gasteiger partial charge is 0.241 e. The minimum atomic E-state index is -0.757. The average molecular weight is 281 g/mol. The molecule has 1 aromatic rings. The van der Waals surface area contributed by atoms with Crippen LogP contribution in [0.25, 0.3) is 0 Å². The van der Waals surface area contributed by atoms with Crippen molar-refractivity contribution in [2.24, 2.45) is 12.8 Å². The van der Waals surface area contributed by atoms with Crippen LogP contribution < -0.4 is 11.1 Å². The van der Waals surface area contributed by atoms with Gasteiger partial charge in [0.05, 0.1) is 6.20 Å². The lowest BCUT2D eigenvalue weighted by Crippen LogP contribution is -2.37. The van der Waals surface area contributed by atoms with E-state index in [1.165, 1.54) is 0 Å². The summed E-state index contributed by atoms with van der Waals surface area (Å²) in [5.41, 5.74) is 6.47. The third-order valence-electron chi connectivity index (χ3n) is 3.12. The Balaban J connectivity index is 2.38. The molecular formula is C13H23N5O2. The Labute approximate surface area is 119 Å². The first-order valence-corrected chi connectivity index (χ1v) is 6.79. The largest absolute Gasteiger partial charge is 0.354 e. The van der Waals surface area contributed by atoms with Gasteiger partial charge in [0.25, 0.3) is 0 Å². The van der Waals surface area contributed by atoms with Crippen molar-refractivity contribution >= 4 is 11.8 Å². The first-order chi connectivity index (χ1) is 9.49. The van der Waals surface area contributed by atoms with Crippen molar-refractivity contribution in [3.05, 3.63) is 18.0 Å². The maximum Gasteiger partial charge on any atom is 0.241 e. The number of nitrogens with two attached hydrogens (primary N) is 1. The van der Waals surface area contributed by atoms with Gasteiger partial charge < -0.3 is 16.0 Å². The number of carbonyl (C=O) groups excluding carboxylic acids is 2. The molecule has 20 heavy (non-hydrogen) atoms. The number of hydrogen-bond donors (Lipinski definition) is 2. The van der Waals surface area contributed by atoms with E-state index in [1.54, 1.807) is 29.0 Å². The van der Waals surface area contributed by atoms with Crippen LogP contribution in [0.15, 0.2) is 12.4 Å². The molecule has 2 amide bonds. The maximum atomic E-state index is 11.8. The van der Waals surface area contributed by atoms with Gasteiger partial charge >= 0.3 is 0 Å². The van der Waals surface area contributed by atoms with Crippen LogP contribution in [-0.2, 0) is 16.6 Å². The fraction of sp³-hybridized carbons (Fsp3) is 0.615. The van der Waals surface area contributed by atoms with Gasteiger partial charge in [0.2, 0.25) is 11.8 Å². The highest BCUT2D eigenvalue weighted by Crippen LogP contribution is 2.08. The van der Waals surface area contributed by atoms with E-state index in [0.29, 0.717) is 25.2 Å². The summed E-state index contributed by atoms with van der Waals surface area (Å²) in [7, 11) is 1.76. The van der Waals surface area contributed by atoms with E-state index in [2.05, 4.69) is 10.4 Å². The Morgan fingerprint density at radius 1 is 1.45 bits per heavy atom. The zero-order valence-corrected chi connectivity index (χ0v) is 12.3. The van der Waals surface area contributed by atoms with Gasteiger partial charge in [0, 0.05) is 44.9 Å². The van der Waals surface area contributed by atoms with E-state index in [9.17, 15) is 9.59 Å². The van der Waals surface area contributed by atoms with Crippen LogP contribution in [0.1, 0.15) is 31.9 Å². The summed E-state index contributed by atoms with van der Waals surface area (Å²) in [5.74, 6) is -0.268. The van der Waals surface area contributed by atoms with Crippen molar-refractivity contribution in [1.82, 2.24) is 20.0 Å². The number of aromatic nitrogens is 2. The number of hydrogen-bond acceptors (Lipinski definition) is 4. The molecule has 0 saturated heterocycles. The van der Waals surface area contributed by atoms with Crippen molar-refractivity contribution in [2.75, 3.05) is 19.6 Å². The molecule has 0 saturated carbocycles. The van der Waals surface area contributed by atoms with Crippen molar-refractivity contribution in [1.29, 1.82) is 0 Å². The summed E-state index contributed by atoms with van der Waals surface area (Å²) < 4.78 is 1.59. The Kier molecular flexibility index (Phi) is 6.17. The molecule has 1 atom stereocenters. The molecule has 1 heterocycles. The van der Waals surface area contributed by atoms with Crippen LogP contribution in [0.5, 0.6) is 0 Å². The van der Waals surface area contributed by atoms with Gasteiger partial charge in [-0.15, -0.1) is 0 Å². The molecule has 0 aromatic carbocycles. The van der Waals surface area contributed by atoms with E-state index in [1.807, 2.05) is 13.8 Å². The van der Waals surface area contributed by atoms with Gasteiger partial charge in [-0.2, -0.15) is 5.10 Å². The van der Waals surface area contributed by atoms with Gasteiger partial charge in [-0.25, -0.2) is 0 Å². The summed E-state index contributed by atoms with van der Waals surface area (Å²) in [6.45, 7) is 5.51. The monoisotopic (exact) mass is 281 g/mol. The van der Waals surface area contributed by atoms with E-state index < -0.39 is 6.04 Å². The van der Waals surface area contributed by atoms with Crippen LogP contribution in [0.3, 0.4) is 0 Å². The van der Waals surface area contributed by atoms with Crippen LogP contribution in [0, 0.1) is 0 Å². The van der Waals surface area contributed by atoms with Crippen LogP contribution >= 0.6 is 0 Å². The Bertz CT molecular complexity index is 453. The number of carbonyl (C=O) groups is 2. The van der Waals surface area contributed by atoms with Gasteiger partial charge in [-0.05, 0) is 13.8 Å². The lowest BCUT2D eigenvalue weighted by Gasteiger charge is -2.18. The van der Waals surface area contributed by atoms with Crippen LogP contribution in [-0.4, -0.2) is 46.1 Å². The Hall–Kier alpha value is -1.89. The highest BCUT2D eigenvalue weighted by atomic mass is 16.2. The predicted molar refractivity (Wildman–Crippen MR) is 75.7 cm³/mol. The van der Waals surface area contributed by atoms with Crippen LogP contribution in [0.2, 0.25) is 0 Å². The molecule has 0 bridgehead atoms. The highest BCUT2D eigenvalue weighted by molar-refractivity contribution is 5.83. The zero-order chi connectivity index (χ0) is 15.1. The molecule has 1 aromatic heterocycles. The summed E-state index contributed by atoms with van der Waals surface area (Å²) in [6.07, 6.45) is 3.55. The zero-order valence-electron chi connectivity index (χ0n) is 12.3. The number of aryl methyl sites for hydroxylation is 1. The predicted octanol–water partition coefficient (Wildman–Crippen LogP) is -0.205. The summed E-state index contributed by atoms with van der Waals surface area (Å²) in [5, 5.41) is 6.65. The molecule has 1 rings (SSSR count). The quantitative estimate of drug-likeness (QED) is 0.723.